The summed E-state index contributed by atoms with van der Waals surface area (Å²) >= 11 is 0. The minimum Gasteiger partial charge on any atom is -0.497 e. The maximum atomic E-state index is 13.1. The van der Waals surface area contributed by atoms with Gasteiger partial charge in [-0.1, -0.05) is 39.8 Å². The first-order chi connectivity index (χ1) is 16.1. The van der Waals surface area contributed by atoms with Gasteiger partial charge in [0.25, 0.3) is 5.91 Å². The summed E-state index contributed by atoms with van der Waals surface area (Å²) < 4.78 is 6.92. The number of benzene rings is 2. The van der Waals surface area contributed by atoms with Crippen molar-refractivity contribution in [2.75, 3.05) is 25.5 Å². The molecule has 0 aliphatic rings. The topological polar surface area (TPSA) is 76.5 Å². The first kappa shape index (κ1) is 25.0. The Kier molecular flexibility index (Phi) is 7.76. The van der Waals surface area contributed by atoms with E-state index in [-0.39, 0.29) is 23.8 Å². The van der Waals surface area contributed by atoms with Crippen molar-refractivity contribution in [3.63, 3.8) is 0 Å². The fraction of sp³-hybridized carbons (Fsp3) is 0.370. The van der Waals surface area contributed by atoms with Gasteiger partial charge in [-0.2, -0.15) is 5.10 Å². The number of anilines is 1. The van der Waals surface area contributed by atoms with Crippen LogP contribution in [0, 0.1) is 6.92 Å². The Balaban J connectivity index is 1.84. The zero-order valence-electron chi connectivity index (χ0n) is 20.9. The molecular weight excluding hydrogens is 428 g/mol. The van der Waals surface area contributed by atoms with Gasteiger partial charge in [0, 0.05) is 23.6 Å². The van der Waals surface area contributed by atoms with Crippen LogP contribution >= 0.6 is 0 Å². The van der Waals surface area contributed by atoms with E-state index in [1.54, 1.807) is 41.0 Å². The number of hydrogen-bond donors (Lipinski definition) is 1. The largest absolute Gasteiger partial charge is 0.497 e. The molecule has 3 rings (SSSR count). The van der Waals surface area contributed by atoms with Crippen LogP contribution in [0.25, 0.3) is 5.69 Å². The van der Waals surface area contributed by atoms with Crippen molar-refractivity contribution in [3.8, 4) is 11.4 Å². The number of carbonyl (C=O) groups excluding carboxylic acids is 2. The summed E-state index contributed by atoms with van der Waals surface area (Å²) in [5, 5.41) is 7.75. The highest BCUT2D eigenvalue weighted by atomic mass is 16.5. The van der Waals surface area contributed by atoms with Crippen LogP contribution in [0.15, 0.2) is 54.6 Å². The molecule has 2 amide bonds. The fourth-order valence-electron chi connectivity index (χ4n) is 3.59. The monoisotopic (exact) mass is 462 g/mol. The molecule has 7 nitrogen and oxygen atoms in total. The fourth-order valence-corrected chi connectivity index (χ4v) is 3.59. The van der Waals surface area contributed by atoms with Gasteiger partial charge < -0.3 is 15.0 Å². The van der Waals surface area contributed by atoms with Crippen molar-refractivity contribution in [3.05, 3.63) is 71.4 Å². The van der Waals surface area contributed by atoms with Gasteiger partial charge in [0.05, 0.1) is 18.5 Å². The van der Waals surface area contributed by atoms with Crippen LogP contribution < -0.4 is 10.1 Å². The number of hydrogen-bond acceptors (Lipinski definition) is 4. The van der Waals surface area contributed by atoms with Crippen molar-refractivity contribution >= 4 is 17.6 Å². The summed E-state index contributed by atoms with van der Waals surface area (Å²) in [4.78, 5) is 27.7. The third-order valence-electron chi connectivity index (χ3n) is 5.44. The number of aromatic nitrogens is 2. The van der Waals surface area contributed by atoms with Crippen LogP contribution in [0.2, 0.25) is 0 Å². The lowest BCUT2D eigenvalue weighted by molar-refractivity contribution is -0.116. The first-order valence-corrected chi connectivity index (χ1v) is 11.5. The van der Waals surface area contributed by atoms with E-state index >= 15 is 0 Å². The Labute approximate surface area is 201 Å². The third kappa shape index (κ3) is 6.04. The van der Waals surface area contributed by atoms with Crippen LogP contribution in [0.1, 0.15) is 55.7 Å². The van der Waals surface area contributed by atoms with E-state index in [9.17, 15) is 9.59 Å². The van der Waals surface area contributed by atoms with Crippen molar-refractivity contribution in [1.29, 1.82) is 0 Å². The average molecular weight is 463 g/mol. The molecule has 1 N–H and O–H groups in total. The van der Waals surface area contributed by atoms with Gasteiger partial charge in [0.15, 0.2) is 0 Å². The normalized spacial score (nSPS) is 11.2. The minimum atomic E-state index is -0.274. The zero-order chi connectivity index (χ0) is 24.9. The molecular formula is C27H34N4O3. The molecule has 0 saturated carbocycles. The molecule has 1 aromatic heterocycles. The number of nitrogens with zero attached hydrogens (tertiary/aromatic N) is 3. The van der Waals surface area contributed by atoms with Crippen LogP contribution in [-0.4, -0.2) is 46.7 Å². The third-order valence-corrected chi connectivity index (χ3v) is 5.44. The van der Waals surface area contributed by atoms with Crippen LogP contribution in [0.4, 0.5) is 5.82 Å². The maximum absolute atomic E-state index is 13.1. The van der Waals surface area contributed by atoms with Crippen molar-refractivity contribution in [2.45, 2.75) is 46.5 Å². The van der Waals surface area contributed by atoms with Crippen molar-refractivity contribution < 1.29 is 14.3 Å². The van der Waals surface area contributed by atoms with Crippen LogP contribution in [0.5, 0.6) is 5.75 Å². The van der Waals surface area contributed by atoms with E-state index in [2.05, 4.69) is 26.1 Å². The number of methoxy groups -OCH3 is 1. The number of carbonyl (C=O) groups is 2. The summed E-state index contributed by atoms with van der Waals surface area (Å²) in [5.41, 5.74) is 3.16. The zero-order valence-corrected chi connectivity index (χ0v) is 20.9. The van der Waals surface area contributed by atoms with Gasteiger partial charge in [-0.15, -0.1) is 0 Å². The summed E-state index contributed by atoms with van der Waals surface area (Å²) in [6.07, 6.45) is 0.741. The van der Waals surface area contributed by atoms with E-state index in [0.717, 1.165) is 23.4 Å². The predicted octanol–water partition coefficient (Wildman–Crippen LogP) is 4.98. The second-order valence-electron chi connectivity index (χ2n) is 9.42. The Morgan fingerprint density at radius 3 is 2.38 bits per heavy atom. The molecule has 0 spiro atoms. The van der Waals surface area contributed by atoms with Gasteiger partial charge >= 0.3 is 0 Å². The van der Waals surface area contributed by atoms with E-state index in [1.165, 1.54) is 0 Å². The van der Waals surface area contributed by atoms with Crippen molar-refractivity contribution in [1.82, 2.24) is 14.7 Å². The Morgan fingerprint density at radius 1 is 1.09 bits per heavy atom. The van der Waals surface area contributed by atoms with E-state index in [4.69, 9.17) is 9.84 Å². The highest BCUT2D eigenvalue weighted by Crippen LogP contribution is 2.26. The van der Waals surface area contributed by atoms with Gasteiger partial charge in [0.2, 0.25) is 5.91 Å². The molecule has 2 aromatic carbocycles. The van der Waals surface area contributed by atoms with E-state index in [1.807, 2.05) is 44.2 Å². The predicted molar refractivity (Wildman–Crippen MR) is 135 cm³/mol. The van der Waals surface area contributed by atoms with Crippen LogP contribution in [0.3, 0.4) is 0 Å². The maximum Gasteiger partial charge on any atom is 0.254 e. The molecule has 7 heteroatoms. The minimum absolute atomic E-state index is 0.0530. The van der Waals surface area contributed by atoms with Gasteiger partial charge in [-0.3, -0.25) is 9.59 Å². The standard InChI is InChI=1S/C27H34N4O3/c1-7-15-30(26(33)20-11-13-22(34-6)14-12-20)18-25(32)28-24-17-23(27(3,4)5)29-31(24)21-10-8-9-19(2)16-21/h8-14,16-17H,7,15,18H2,1-6H3,(H,28,32). The van der Waals surface area contributed by atoms with Gasteiger partial charge in [-0.05, 0) is 55.3 Å². The van der Waals surface area contributed by atoms with E-state index in [0.29, 0.717) is 23.7 Å². The number of aryl methyl sites for hydroxylation is 1. The summed E-state index contributed by atoms with van der Waals surface area (Å²) in [5.74, 6) is 0.788. The van der Waals surface area contributed by atoms with Gasteiger partial charge in [0.1, 0.15) is 18.1 Å². The second-order valence-corrected chi connectivity index (χ2v) is 9.42. The summed E-state index contributed by atoms with van der Waals surface area (Å²) in [6, 6.07) is 16.8. The number of rotatable bonds is 8. The number of amides is 2. The highest BCUT2D eigenvalue weighted by molar-refractivity contribution is 5.99. The molecule has 34 heavy (non-hydrogen) atoms. The Bertz CT molecular complexity index is 1140. The molecule has 0 radical (unpaired) electrons. The highest BCUT2D eigenvalue weighted by Gasteiger charge is 2.23. The molecule has 0 atom stereocenters. The molecule has 0 fully saturated rings. The number of nitrogens with one attached hydrogen (secondary N) is 1. The van der Waals surface area contributed by atoms with E-state index < -0.39 is 0 Å². The molecule has 3 aromatic rings. The van der Waals surface area contributed by atoms with Crippen LogP contribution in [-0.2, 0) is 10.2 Å². The molecule has 0 bridgehead atoms. The Morgan fingerprint density at radius 2 is 1.79 bits per heavy atom. The lowest BCUT2D eigenvalue weighted by Crippen LogP contribution is -2.38. The lowest BCUT2D eigenvalue weighted by Gasteiger charge is -2.22. The average Bonchev–Trinajstić information content (AvgIpc) is 3.22. The first-order valence-electron chi connectivity index (χ1n) is 11.5. The lowest BCUT2D eigenvalue weighted by atomic mass is 9.92. The Hall–Kier alpha value is -3.61. The van der Waals surface area contributed by atoms with Crippen molar-refractivity contribution in [2.24, 2.45) is 0 Å². The quantitative estimate of drug-likeness (QED) is 0.512. The SMILES string of the molecule is CCCN(CC(=O)Nc1cc(C(C)(C)C)nn1-c1cccc(C)c1)C(=O)c1ccc(OC)cc1. The molecule has 0 saturated heterocycles. The summed E-state index contributed by atoms with van der Waals surface area (Å²) in [6.45, 7) is 10.7. The molecule has 1 heterocycles. The molecule has 0 aliphatic carbocycles. The number of ether oxygens (including phenoxy) is 1. The van der Waals surface area contributed by atoms with Gasteiger partial charge in [-0.25, -0.2) is 4.68 Å². The smallest absolute Gasteiger partial charge is 0.254 e. The molecule has 180 valence electrons. The molecule has 0 unspecified atom stereocenters. The summed E-state index contributed by atoms with van der Waals surface area (Å²) in [7, 11) is 1.58. The molecule has 0 aliphatic heterocycles. The second kappa shape index (κ2) is 10.5.